The maximum atomic E-state index is 13.1. The summed E-state index contributed by atoms with van der Waals surface area (Å²) in [6.07, 6.45) is 2.44. The van der Waals surface area contributed by atoms with Crippen LogP contribution in [0.25, 0.3) is 11.0 Å². The summed E-state index contributed by atoms with van der Waals surface area (Å²) in [6, 6.07) is 10.6. The number of nitrogens with one attached hydrogen (secondary N) is 1. The van der Waals surface area contributed by atoms with Crippen LogP contribution in [0.5, 0.6) is 0 Å². The topological polar surface area (TPSA) is 46.9 Å². The van der Waals surface area contributed by atoms with E-state index in [2.05, 4.69) is 10.3 Å². The third kappa shape index (κ3) is 3.53. The maximum absolute atomic E-state index is 13.1. The number of hydrogen-bond donors (Lipinski definition) is 1. The summed E-state index contributed by atoms with van der Waals surface area (Å²) in [5.74, 6) is -2.01. The fraction of sp³-hybridized carbons (Fsp3) is 0.176. The van der Waals surface area contributed by atoms with Crippen molar-refractivity contribution in [2.75, 3.05) is 6.54 Å². The molecule has 0 aliphatic heterocycles. The number of fused-ring (bicyclic) bond motifs is 1. The van der Waals surface area contributed by atoms with Crippen molar-refractivity contribution in [3.63, 3.8) is 0 Å². The summed E-state index contributed by atoms with van der Waals surface area (Å²) < 4.78 is 28.2. The molecular formula is C17H15F2N3O. The molecule has 118 valence electrons. The molecule has 6 heteroatoms. The summed E-state index contributed by atoms with van der Waals surface area (Å²) >= 11 is 0. The van der Waals surface area contributed by atoms with Crippen LogP contribution in [-0.2, 0) is 6.54 Å². The molecule has 0 aliphatic carbocycles. The number of carbonyl (C=O) groups is 1. The van der Waals surface area contributed by atoms with E-state index in [9.17, 15) is 13.6 Å². The molecule has 0 saturated heterocycles. The standard InChI is InChI=1S/C17H15F2N3O/c18-13-8-12(9-14(19)10-13)17(23)20-6-3-7-22-11-21-15-4-1-2-5-16(15)22/h1-2,4-5,8-11H,3,6-7H2,(H,20,23). The number of para-hydroxylation sites is 2. The lowest BCUT2D eigenvalue weighted by Crippen LogP contribution is -2.25. The second-order valence-electron chi connectivity index (χ2n) is 5.19. The fourth-order valence-electron chi connectivity index (χ4n) is 2.43. The number of hydrogen-bond acceptors (Lipinski definition) is 2. The van der Waals surface area contributed by atoms with Gasteiger partial charge in [0.2, 0.25) is 0 Å². The number of halogens is 2. The SMILES string of the molecule is O=C(NCCCn1cnc2ccccc21)c1cc(F)cc(F)c1. The average Bonchev–Trinajstić information content (AvgIpc) is 2.94. The smallest absolute Gasteiger partial charge is 0.251 e. The number of aryl methyl sites for hydroxylation is 1. The van der Waals surface area contributed by atoms with Gasteiger partial charge in [0.05, 0.1) is 17.4 Å². The Hall–Kier alpha value is -2.76. The minimum Gasteiger partial charge on any atom is -0.352 e. The first-order valence-corrected chi connectivity index (χ1v) is 7.27. The highest BCUT2D eigenvalue weighted by Crippen LogP contribution is 2.12. The molecule has 4 nitrogen and oxygen atoms in total. The van der Waals surface area contributed by atoms with Crippen LogP contribution >= 0.6 is 0 Å². The molecule has 3 aromatic rings. The van der Waals surface area contributed by atoms with Crippen molar-refractivity contribution in [3.8, 4) is 0 Å². The average molecular weight is 315 g/mol. The molecule has 1 amide bonds. The van der Waals surface area contributed by atoms with E-state index in [0.717, 1.165) is 29.2 Å². The largest absolute Gasteiger partial charge is 0.352 e. The molecule has 0 fully saturated rings. The number of imidazole rings is 1. The van der Waals surface area contributed by atoms with E-state index in [1.54, 1.807) is 6.33 Å². The molecule has 1 aromatic heterocycles. The molecule has 1 N–H and O–H groups in total. The summed E-state index contributed by atoms with van der Waals surface area (Å²) in [4.78, 5) is 16.2. The van der Waals surface area contributed by atoms with Gasteiger partial charge in [0, 0.05) is 24.7 Å². The zero-order valence-corrected chi connectivity index (χ0v) is 12.3. The maximum Gasteiger partial charge on any atom is 0.251 e. The van der Waals surface area contributed by atoms with Gasteiger partial charge >= 0.3 is 0 Å². The van der Waals surface area contributed by atoms with Crippen molar-refractivity contribution in [3.05, 3.63) is 66.0 Å². The lowest BCUT2D eigenvalue weighted by Gasteiger charge is -2.07. The third-order valence-corrected chi connectivity index (χ3v) is 3.51. The molecule has 0 atom stereocenters. The van der Waals surface area contributed by atoms with E-state index < -0.39 is 17.5 Å². The minimum atomic E-state index is -0.764. The highest BCUT2D eigenvalue weighted by molar-refractivity contribution is 5.94. The molecule has 23 heavy (non-hydrogen) atoms. The van der Waals surface area contributed by atoms with Gasteiger partial charge in [-0.3, -0.25) is 4.79 Å². The summed E-state index contributed by atoms with van der Waals surface area (Å²) in [5.41, 5.74) is 1.94. The van der Waals surface area contributed by atoms with Crippen LogP contribution in [0.1, 0.15) is 16.8 Å². The molecule has 3 rings (SSSR count). The Labute approximate surface area is 131 Å². The molecule has 0 unspecified atom stereocenters. The Morgan fingerprint density at radius 3 is 2.65 bits per heavy atom. The van der Waals surface area contributed by atoms with Crippen molar-refractivity contribution in [1.82, 2.24) is 14.9 Å². The number of amides is 1. The van der Waals surface area contributed by atoms with Gasteiger partial charge in [-0.25, -0.2) is 13.8 Å². The van der Waals surface area contributed by atoms with E-state index in [-0.39, 0.29) is 5.56 Å². The van der Waals surface area contributed by atoms with E-state index in [1.165, 1.54) is 0 Å². The van der Waals surface area contributed by atoms with Crippen LogP contribution in [0, 0.1) is 11.6 Å². The highest BCUT2D eigenvalue weighted by Gasteiger charge is 2.08. The second kappa shape index (κ2) is 6.56. The Kier molecular flexibility index (Phi) is 4.32. The molecule has 2 aromatic carbocycles. The lowest BCUT2D eigenvalue weighted by atomic mass is 10.2. The van der Waals surface area contributed by atoms with Crippen LogP contribution in [0.15, 0.2) is 48.8 Å². The number of carbonyl (C=O) groups excluding carboxylic acids is 1. The van der Waals surface area contributed by atoms with E-state index >= 15 is 0 Å². The minimum absolute atomic E-state index is 0.0180. The molecule has 0 saturated carbocycles. The van der Waals surface area contributed by atoms with Crippen LogP contribution < -0.4 is 5.32 Å². The number of nitrogens with zero attached hydrogens (tertiary/aromatic N) is 2. The van der Waals surface area contributed by atoms with Crippen molar-refractivity contribution >= 4 is 16.9 Å². The van der Waals surface area contributed by atoms with E-state index in [0.29, 0.717) is 19.5 Å². The summed E-state index contributed by atoms with van der Waals surface area (Å²) in [5, 5.41) is 2.66. The van der Waals surface area contributed by atoms with Crippen molar-refractivity contribution in [2.45, 2.75) is 13.0 Å². The first-order chi connectivity index (χ1) is 11.1. The van der Waals surface area contributed by atoms with Crippen LogP contribution in [0.4, 0.5) is 8.78 Å². The van der Waals surface area contributed by atoms with Crippen molar-refractivity contribution in [2.24, 2.45) is 0 Å². The van der Waals surface area contributed by atoms with Gasteiger partial charge in [0.15, 0.2) is 0 Å². The Morgan fingerprint density at radius 2 is 1.87 bits per heavy atom. The molecule has 0 radical (unpaired) electrons. The van der Waals surface area contributed by atoms with Crippen LogP contribution in [0.2, 0.25) is 0 Å². The number of rotatable bonds is 5. The van der Waals surface area contributed by atoms with Crippen molar-refractivity contribution < 1.29 is 13.6 Å². The summed E-state index contributed by atoms with van der Waals surface area (Å²) in [7, 11) is 0. The molecule has 0 bridgehead atoms. The molecular weight excluding hydrogens is 300 g/mol. The monoisotopic (exact) mass is 315 g/mol. The second-order valence-corrected chi connectivity index (χ2v) is 5.19. The van der Waals surface area contributed by atoms with Gasteiger partial charge in [-0.2, -0.15) is 0 Å². The highest BCUT2D eigenvalue weighted by atomic mass is 19.1. The lowest BCUT2D eigenvalue weighted by molar-refractivity contribution is 0.0952. The van der Waals surface area contributed by atoms with Crippen molar-refractivity contribution in [1.29, 1.82) is 0 Å². The van der Waals surface area contributed by atoms with Gasteiger partial charge in [-0.1, -0.05) is 12.1 Å². The van der Waals surface area contributed by atoms with E-state index in [1.807, 2.05) is 28.8 Å². The normalized spacial score (nSPS) is 10.9. The zero-order chi connectivity index (χ0) is 16.2. The third-order valence-electron chi connectivity index (χ3n) is 3.51. The van der Waals surface area contributed by atoms with Crippen LogP contribution in [-0.4, -0.2) is 22.0 Å². The van der Waals surface area contributed by atoms with Gasteiger partial charge in [-0.05, 0) is 30.7 Å². The van der Waals surface area contributed by atoms with Gasteiger partial charge in [-0.15, -0.1) is 0 Å². The zero-order valence-electron chi connectivity index (χ0n) is 12.3. The fourth-order valence-corrected chi connectivity index (χ4v) is 2.43. The first-order valence-electron chi connectivity index (χ1n) is 7.27. The van der Waals surface area contributed by atoms with Gasteiger partial charge < -0.3 is 9.88 Å². The van der Waals surface area contributed by atoms with Gasteiger partial charge in [0.1, 0.15) is 11.6 Å². The predicted octanol–water partition coefficient (Wildman–Crippen LogP) is 3.13. The molecule has 0 aliphatic rings. The van der Waals surface area contributed by atoms with Crippen LogP contribution in [0.3, 0.4) is 0 Å². The van der Waals surface area contributed by atoms with E-state index in [4.69, 9.17) is 0 Å². The number of aromatic nitrogens is 2. The van der Waals surface area contributed by atoms with Gasteiger partial charge in [0.25, 0.3) is 5.91 Å². The Morgan fingerprint density at radius 1 is 1.13 bits per heavy atom. The Balaban J connectivity index is 1.54. The quantitative estimate of drug-likeness (QED) is 0.735. The first kappa shape index (κ1) is 15.1. The molecule has 1 heterocycles. The molecule has 0 spiro atoms. The number of benzene rings is 2. The Bertz CT molecular complexity index is 824. The predicted molar refractivity (Wildman–Crippen MR) is 83.0 cm³/mol. The summed E-state index contributed by atoms with van der Waals surface area (Å²) in [6.45, 7) is 1.10.